The number of anilines is 1. The molecule has 2 N–H and O–H groups in total. The zero-order valence-corrected chi connectivity index (χ0v) is 11.9. The number of phenols is 1. The summed E-state index contributed by atoms with van der Waals surface area (Å²) >= 11 is 1.58. The number of hydrogen-bond acceptors (Lipinski definition) is 3. The van der Waals surface area contributed by atoms with Gasteiger partial charge < -0.3 is 10.4 Å². The van der Waals surface area contributed by atoms with Crippen LogP contribution < -0.4 is 5.32 Å². The molecule has 102 valence electrons. The molecule has 1 amide bonds. The summed E-state index contributed by atoms with van der Waals surface area (Å²) in [5, 5.41) is 12.5. The lowest BCUT2D eigenvalue weighted by Gasteiger charge is -2.11. The summed E-state index contributed by atoms with van der Waals surface area (Å²) in [7, 11) is 0. The lowest BCUT2D eigenvalue weighted by Crippen LogP contribution is -2.24. The number of rotatable bonds is 2. The molecule has 0 bridgehead atoms. The molecule has 0 saturated carbocycles. The smallest absolute Gasteiger partial charge is 0.238 e. The Hall–Kier alpha value is -1.94. The molecule has 3 rings (SSSR count). The summed E-state index contributed by atoms with van der Waals surface area (Å²) in [6, 6.07) is 13.3. The maximum Gasteiger partial charge on any atom is 0.238 e. The first-order valence-corrected chi connectivity index (χ1v) is 7.36. The summed E-state index contributed by atoms with van der Waals surface area (Å²) in [6.45, 7) is 1.90. The van der Waals surface area contributed by atoms with Crippen LogP contribution in [0.5, 0.6) is 5.75 Å². The van der Waals surface area contributed by atoms with Gasteiger partial charge in [-0.05, 0) is 42.7 Å². The maximum absolute atomic E-state index is 12.3. The molecule has 0 radical (unpaired) electrons. The fourth-order valence-corrected chi connectivity index (χ4v) is 3.48. The average Bonchev–Trinajstić information content (AvgIpc) is 2.86. The van der Waals surface area contributed by atoms with Gasteiger partial charge in [-0.2, -0.15) is 0 Å². The van der Waals surface area contributed by atoms with E-state index in [0.717, 1.165) is 12.0 Å². The minimum absolute atomic E-state index is 0.0645. The van der Waals surface area contributed by atoms with Gasteiger partial charge in [-0.1, -0.05) is 24.3 Å². The molecule has 1 unspecified atom stereocenters. The van der Waals surface area contributed by atoms with Gasteiger partial charge in [0, 0.05) is 4.90 Å². The van der Waals surface area contributed by atoms with Crippen molar-refractivity contribution in [2.24, 2.45) is 0 Å². The van der Waals surface area contributed by atoms with E-state index in [0.29, 0.717) is 5.69 Å². The fraction of sp³-hybridized carbons (Fsp3) is 0.188. The van der Waals surface area contributed by atoms with Crippen LogP contribution >= 0.6 is 11.8 Å². The first kappa shape index (κ1) is 13.1. The largest absolute Gasteiger partial charge is 0.506 e. The van der Waals surface area contributed by atoms with E-state index in [4.69, 9.17) is 0 Å². The highest BCUT2D eigenvalue weighted by Gasteiger charge is 2.28. The second kappa shape index (κ2) is 5.21. The molecule has 0 spiro atoms. The standard InChI is InChI=1S/C16H15NO2S/c1-10-6-7-12(13(18)8-10)17-16(19)15-9-11-4-2-3-5-14(11)20-15/h2-8,15,18H,9H2,1H3,(H,17,19). The van der Waals surface area contributed by atoms with Crippen molar-refractivity contribution in [3.8, 4) is 5.75 Å². The van der Waals surface area contributed by atoms with E-state index >= 15 is 0 Å². The Kier molecular flexibility index (Phi) is 3.40. The van der Waals surface area contributed by atoms with E-state index < -0.39 is 0 Å². The van der Waals surface area contributed by atoms with Gasteiger partial charge in [-0.15, -0.1) is 11.8 Å². The van der Waals surface area contributed by atoms with Crippen LogP contribution in [0, 0.1) is 6.92 Å². The Labute approximate surface area is 122 Å². The van der Waals surface area contributed by atoms with E-state index in [9.17, 15) is 9.90 Å². The molecule has 0 fully saturated rings. The third-order valence-corrected chi connectivity index (χ3v) is 4.67. The zero-order valence-electron chi connectivity index (χ0n) is 11.1. The van der Waals surface area contributed by atoms with Gasteiger partial charge in [0.25, 0.3) is 0 Å². The molecule has 1 aliphatic rings. The molecule has 2 aromatic rings. The van der Waals surface area contributed by atoms with E-state index in [-0.39, 0.29) is 16.9 Å². The Morgan fingerprint density at radius 1 is 1.30 bits per heavy atom. The molecule has 0 saturated heterocycles. The normalized spacial score (nSPS) is 16.8. The minimum atomic E-state index is -0.131. The van der Waals surface area contributed by atoms with Crippen LogP contribution in [0.2, 0.25) is 0 Å². The predicted molar refractivity (Wildman–Crippen MR) is 81.3 cm³/mol. The molecular formula is C16H15NO2S. The number of aryl methyl sites for hydroxylation is 1. The summed E-state index contributed by atoms with van der Waals surface area (Å²) in [4.78, 5) is 13.4. The number of hydrogen-bond donors (Lipinski definition) is 2. The first-order chi connectivity index (χ1) is 9.63. The Morgan fingerprint density at radius 2 is 2.10 bits per heavy atom. The monoisotopic (exact) mass is 285 g/mol. The number of benzene rings is 2. The Bertz CT molecular complexity index is 644. The van der Waals surface area contributed by atoms with Crippen LogP contribution in [0.15, 0.2) is 47.4 Å². The number of carbonyl (C=O) groups is 1. The number of thioether (sulfide) groups is 1. The van der Waals surface area contributed by atoms with E-state index in [2.05, 4.69) is 11.4 Å². The lowest BCUT2D eigenvalue weighted by atomic mass is 10.1. The first-order valence-electron chi connectivity index (χ1n) is 6.48. The highest BCUT2D eigenvalue weighted by Crippen LogP contribution is 2.37. The highest BCUT2D eigenvalue weighted by atomic mass is 32.2. The van der Waals surface area contributed by atoms with Crippen molar-refractivity contribution >= 4 is 23.4 Å². The molecule has 0 aromatic heterocycles. The van der Waals surface area contributed by atoms with Crippen LogP contribution in [0.3, 0.4) is 0 Å². The predicted octanol–water partition coefficient (Wildman–Crippen LogP) is 3.36. The quantitative estimate of drug-likeness (QED) is 0.832. The molecule has 3 nitrogen and oxygen atoms in total. The fourth-order valence-electron chi connectivity index (χ4n) is 2.29. The van der Waals surface area contributed by atoms with Gasteiger partial charge in [-0.3, -0.25) is 4.79 Å². The van der Waals surface area contributed by atoms with Gasteiger partial charge in [0.1, 0.15) is 5.75 Å². The van der Waals surface area contributed by atoms with Gasteiger partial charge in [0.15, 0.2) is 0 Å². The van der Waals surface area contributed by atoms with E-state index in [1.807, 2.05) is 31.2 Å². The summed E-state index contributed by atoms with van der Waals surface area (Å²) < 4.78 is 0. The minimum Gasteiger partial charge on any atom is -0.506 e. The van der Waals surface area contributed by atoms with E-state index in [1.54, 1.807) is 23.9 Å². The van der Waals surface area contributed by atoms with Crippen LogP contribution in [-0.4, -0.2) is 16.3 Å². The molecule has 1 heterocycles. The molecular weight excluding hydrogens is 270 g/mol. The summed E-state index contributed by atoms with van der Waals surface area (Å²) in [5.41, 5.74) is 2.64. The SMILES string of the molecule is Cc1ccc(NC(=O)C2Cc3ccccc3S2)c(O)c1. The van der Waals surface area contributed by atoms with Crippen molar-refractivity contribution in [3.05, 3.63) is 53.6 Å². The summed E-state index contributed by atoms with van der Waals surface area (Å²) in [5.74, 6) is 0.0456. The second-order valence-corrected chi connectivity index (χ2v) is 6.17. The molecule has 0 aliphatic carbocycles. The van der Waals surface area contributed by atoms with Crippen LogP contribution in [0.1, 0.15) is 11.1 Å². The Balaban J connectivity index is 1.72. The van der Waals surface area contributed by atoms with Crippen LogP contribution in [0.4, 0.5) is 5.69 Å². The van der Waals surface area contributed by atoms with Crippen LogP contribution in [0.25, 0.3) is 0 Å². The number of phenolic OH excluding ortho intramolecular Hbond substituents is 1. The third kappa shape index (κ3) is 2.51. The average molecular weight is 285 g/mol. The number of nitrogens with one attached hydrogen (secondary N) is 1. The van der Waals surface area contributed by atoms with Crippen molar-refractivity contribution in [2.45, 2.75) is 23.5 Å². The molecule has 1 atom stereocenters. The number of carbonyl (C=O) groups excluding carboxylic acids is 1. The van der Waals surface area contributed by atoms with Crippen molar-refractivity contribution in [2.75, 3.05) is 5.32 Å². The van der Waals surface area contributed by atoms with Crippen molar-refractivity contribution < 1.29 is 9.90 Å². The topological polar surface area (TPSA) is 49.3 Å². The highest BCUT2D eigenvalue weighted by molar-refractivity contribution is 8.01. The summed E-state index contributed by atoms with van der Waals surface area (Å²) in [6.07, 6.45) is 0.735. The van der Waals surface area contributed by atoms with Crippen molar-refractivity contribution in [3.63, 3.8) is 0 Å². The number of amides is 1. The zero-order chi connectivity index (χ0) is 14.1. The molecule has 4 heteroatoms. The molecule has 1 aliphatic heterocycles. The molecule has 20 heavy (non-hydrogen) atoms. The number of fused-ring (bicyclic) bond motifs is 1. The van der Waals surface area contributed by atoms with Gasteiger partial charge in [0.05, 0.1) is 10.9 Å². The van der Waals surface area contributed by atoms with E-state index in [1.165, 1.54) is 10.5 Å². The van der Waals surface area contributed by atoms with Gasteiger partial charge in [-0.25, -0.2) is 0 Å². The van der Waals surface area contributed by atoms with Crippen molar-refractivity contribution in [1.82, 2.24) is 0 Å². The maximum atomic E-state index is 12.3. The molecule has 2 aromatic carbocycles. The van der Waals surface area contributed by atoms with Gasteiger partial charge in [0.2, 0.25) is 5.91 Å². The third-order valence-electron chi connectivity index (χ3n) is 3.35. The lowest BCUT2D eigenvalue weighted by molar-refractivity contribution is -0.115. The van der Waals surface area contributed by atoms with Crippen molar-refractivity contribution in [1.29, 1.82) is 0 Å². The van der Waals surface area contributed by atoms with Crippen LogP contribution in [-0.2, 0) is 11.2 Å². The number of aromatic hydroxyl groups is 1. The Morgan fingerprint density at radius 3 is 2.85 bits per heavy atom. The van der Waals surface area contributed by atoms with Gasteiger partial charge >= 0.3 is 0 Å². The second-order valence-electron chi connectivity index (χ2n) is 4.93.